The summed E-state index contributed by atoms with van der Waals surface area (Å²) in [5, 5.41) is 2.82. The van der Waals surface area contributed by atoms with Crippen molar-refractivity contribution in [3.63, 3.8) is 0 Å². The number of carbonyl (C=O) groups is 2. The molecule has 0 bridgehead atoms. The van der Waals surface area contributed by atoms with Crippen molar-refractivity contribution < 1.29 is 14.3 Å². The molecule has 0 aliphatic carbocycles. The van der Waals surface area contributed by atoms with Crippen LogP contribution in [0.5, 0.6) is 5.75 Å². The standard InChI is InChI=1S/C23H29N3O3/c1-4-29-21-8-6-5-7-20(21)25-13-15-26(16-14-25)23(28)18(3)24-22(27)19-11-9-17(2)10-12-19/h5-12,18H,4,13-16H2,1-3H3,(H,24,27). The predicted octanol–water partition coefficient (Wildman–Crippen LogP) is 2.86. The number of nitrogens with zero attached hydrogens (tertiary/aromatic N) is 2. The second-order valence-electron chi connectivity index (χ2n) is 7.27. The first-order chi connectivity index (χ1) is 14.0. The molecule has 29 heavy (non-hydrogen) atoms. The van der Waals surface area contributed by atoms with Gasteiger partial charge in [-0.05, 0) is 45.0 Å². The number of benzene rings is 2. The molecule has 2 aromatic carbocycles. The Hall–Kier alpha value is -3.02. The van der Waals surface area contributed by atoms with E-state index >= 15 is 0 Å². The number of nitrogens with one attached hydrogen (secondary N) is 1. The van der Waals surface area contributed by atoms with Crippen LogP contribution in [-0.4, -0.2) is 55.5 Å². The van der Waals surface area contributed by atoms with Crippen LogP contribution < -0.4 is 15.0 Å². The minimum atomic E-state index is -0.564. The third kappa shape index (κ3) is 5.08. The van der Waals surface area contributed by atoms with Crippen molar-refractivity contribution in [3.8, 4) is 5.75 Å². The summed E-state index contributed by atoms with van der Waals surface area (Å²) in [7, 11) is 0. The molecule has 0 saturated carbocycles. The van der Waals surface area contributed by atoms with Gasteiger partial charge in [-0.15, -0.1) is 0 Å². The summed E-state index contributed by atoms with van der Waals surface area (Å²) < 4.78 is 5.73. The van der Waals surface area contributed by atoms with Crippen LogP contribution in [0.1, 0.15) is 29.8 Å². The zero-order chi connectivity index (χ0) is 20.8. The summed E-state index contributed by atoms with van der Waals surface area (Å²) in [6.07, 6.45) is 0. The molecule has 0 radical (unpaired) electrons. The molecular weight excluding hydrogens is 366 g/mol. The van der Waals surface area contributed by atoms with Gasteiger partial charge >= 0.3 is 0 Å². The first-order valence-corrected chi connectivity index (χ1v) is 10.1. The number of amides is 2. The summed E-state index contributed by atoms with van der Waals surface area (Å²) in [4.78, 5) is 29.2. The summed E-state index contributed by atoms with van der Waals surface area (Å²) in [6, 6.07) is 14.7. The molecule has 6 nitrogen and oxygen atoms in total. The van der Waals surface area contributed by atoms with E-state index < -0.39 is 6.04 Å². The Morgan fingerprint density at radius 3 is 2.34 bits per heavy atom. The molecular formula is C23H29N3O3. The topological polar surface area (TPSA) is 61.9 Å². The number of para-hydroxylation sites is 2. The monoisotopic (exact) mass is 395 g/mol. The number of aryl methyl sites for hydroxylation is 1. The van der Waals surface area contributed by atoms with Crippen molar-refractivity contribution in [3.05, 3.63) is 59.7 Å². The molecule has 2 amide bonds. The van der Waals surface area contributed by atoms with Crippen LogP contribution in [0.15, 0.2) is 48.5 Å². The molecule has 1 aliphatic heterocycles. The minimum Gasteiger partial charge on any atom is -0.492 e. The average molecular weight is 396 g/mol. The van der Waals surface area contributed by atoms with Crippen LogP contribution in [0.25, 0.3) is 0 Å². The lowest BCUT2D eigenvalue weighted by molar-refractivity contribution is -0.133. The molecule has 6 heteroatoms. The molecule has 1 unspecified atom stereocenters. The Labute approximate surface area is 172 Å². The highest BCUT2D eigenvalue weighted by atomic mass is 16.5. The number of rotatable bonds is 6. The number of carbonyl (C=O) groups excluding carboxylic acids is 2. The van der Waals surface area contributed by atoms with Gasteiger partial charge in [0.2, 0.25) is 5.91 Å². The fraction of sp³-hybridized carbons (Fsp3) is 0.391. The highest BCUT2D eigenvalue weighted by Gasteiger charge is 2.27. The van der Waals surface area contributed by atoms with E-state index in [9.17, 15) is 9.59 Å². The van der Waals surface area contributed by atoms with E-state index in [-0.39, 0.29) is 11.8 Å². The first-order valence-electron chi connectivity index (χ1n) is 10.1. The highest BCUT2D eigenvalue weighted by Crippen LogP contribution is 2.28. The van der Waals surface area contributed by atoms with E-state index in [2.05, 4.69) is 10.2 Å². The molecule has 1 saturated heterocycles. The summed E-state index contributed by atoms with van der Waals surface area (Å²) in [6.45, 7) is 9.00. The molecule has 3 rings (SSSR count). The number of piperazine rings is 1. The summed E-state index contributed by atoms with van der Waals surface area (Å²) in [5.41, 5.74) is 2.71. The van der Waals surface area contributed by atoms with Crippen molar-refractivity contribution in [2.24, 2.45) is 0 Å². The van der Waals surface area contributed by atoms with Gasteiger partial charge in [0.15, 0.2) is 0 Å². The third-order valence-electron chi connectivity index (χ3n) is 5.13. The Morgan fingerprint density at radius 1 is 1.03 bits per heavy atom. The van der Waals surface area contributed by atoms with Crippen molar-refractivity contribution in [1.29, 1.82) is 0 Å². The molecule has 0 spiro atoms. The molecule has 1 fully saturated rings. The highest BCUT2D eigenvalue weighted by molar-refractivity contribution is 5.97. The summed E-state index contributed by atoms with van der Waals surface area (Å²) >= 11 is 0. The average Bonchev–Trinajstić information content (AvgIpc) is 2.74. The van der Waals surface area contributed by atoms with Gasteiger partial charge < -0.3 is 19.9 Å². The van der Waals surface area contributed by atoms with Crippen molar-refractivity contribution in [2.75, 3.05) is 37.7 Å². The van der Waals surface area contributed by atoms with E-state index in [0.717, 1.165) is 30.1 Å². The van der Waals surface area contributed by atoms with Gasteiger partial charge in [-0.1, -0.05) is 29.8 Å². The maximum absolute atomic E-state index is 12.8. The van der Waals surface area contributed by atoms with Gasteiger partial charge in [-0.2, -0.15) is 0 Å². The lowest BCUT2D eigenvalue weighted by atomic mass is 10.1. The van der Waals surface area contributed by atoms with Crippen molar-refractivity contribution >= 4 is 17.5 Å². The van der Waals surface area contributed by atoms with Crippen LogP contribution in [0.2, 0.25) is 0 Å². The Kier molecular flexibility index (Phi) is 6.75. The number of ether oxygens (including phenoxy) is 1. The lowest BCUT2D eigenvalue weighted by Crippen LogP contribution is -2.54. The second-order valence-corrected chi connectivity index (χ2v) is 7.27. The predicted molar refractivity (Wildman–Crippen MR) is 115 cm³/mol. The molecule has 154 valence electrons. The molecule has 1 N–H and O–H groups in total. The maximum Gasteiger partial charge on any atom is 0.251 e. The SMILES string of the molecule is CCOc1ccccc1N1CCN(C(=O)C(C)NC(=O)c2ccc(C)cc2)CC1. The van der Waals surface area contributed by atoms with Gasteiger partial charge in [-0.25, -0.2) is 0 Å². The Balaban J connectivity index is 1.55. The van der Waals surface area contributed by atoms with Gasteiger partial charge in [0.1, 0.15) is 11.8 Å². The molecule has 1 aliphatic rings. The normalized spacial score (nSPS) is 15.0. The van der Waals surface area contributed by atoms with Gasteiger partial charge in [0, 0.05) is 31.7 Å². The van der Waals surface area contributed by atoms with Crippen LogP contribution in [-0.2, 0) is 4.79 Å². The minimum absolute atomic E-state index is 0.0526. The van der Waals surface area contributed by atoms with E-state index in [4.69, 9.17) is 4.74 Å². The number of hydrogen-bond acceptors (Lipinski definition) is 4. The van der Waals surface area contributed by atoms with Crippen LogP contribution in [0.4, 0.5) is 5.69 Å². The molecule has 1 atom stereocenters. The lowest BCUT2D eigenvalue weighted by Gasteiger charge is -2.37. The Morgan fingerprint density at radius 2 is 1.69 bits per heavy atom. The maximum atomic E-state index is 12.8. The first kappa shape index (κ1) is 20.7. The largest absolute Gasteiger partial charge is 0.492 e. The van der Waals surface area contributed by atoms with Crippen LogP contribution in [0.3, 0.4) is 0 Å². The molecule has 2 aromatic rings. The molecule has 0 aromatic heterocycles. The van der Waals surface area contributed by atoms with E-state index in [0.29, 0.717) is 25.3 Å². The summed E-state index contributed by atoms with van der Waals surface area (Å²) in [5.74, 6) is 0.590. The van der Waals surface area contributed by atoms with E-state index in [1.54, 1.807) is 19.1 Å². The van der Waals surface area contributed by atoms with Gasteiger partial charge in [0.05, 0.1) is 12.3 Å². The van der Waals surface area contributed by atoms with Gasteiger partial charge in [-0.3, -0.25) is 9.59 Å². The molecule has 1 heterocycles. The fourth-order valence-electron chi connectivity index (χ4n) is 3.48. The van der Waals surface area contributed by atoms with E-state index in [1.165, 1.54) is 0 Å². The zero-order valence-corrected chi connectivity index (χ0v) is 17.4. The number of anilines is 1. The van der Waals surface area contributed by atoms with Gasteiger partial charge in [0.25, 0.3) is 5.91 Å². The van der Waals surface area contributed by atoms with Crippen LogP contribution >= 0.6 is 0 Å². The van der Waals surface area contributed by atoms with Crippen molar-refractivity contribution in [1.82, 2.24) is 10.2 Å². The van der Waals surface area contributed by atoms with Crippen molar-refractivity contribution in [2.45, 2.75) is 26.8 Å². The fourth-order valence-corrected chi connectivity index (χ4v) is 3.48. The Bertz CT molecular complexity index is 843. The third-order valence-corrected chi connectivity index (χ3v) is 5.13. The quantitative estimate of drug-likeness (QED) is 0.817. The second kappa shape index (κ2) is 9.45. The smallest absolute Gasteiger partial charge is 0.251 e. The van der Waals surface area contributed by atoms with E-state index in [1.807, 2.05) is 55.1 Å². The zero-order valence-electron chi connectivity index (χ0n) is 17.4. The van der Waals surface area contributed by atoms with Crippen LogP contribution in [0, 0.1) is 6.92 Å². The number of hydrogen-bond donors (Lipinski definition) is 1.